The number of tetrazole rings is 1. The lowest BCUT2D eigenvalue weighted by Crippen LogP contribution is -2.25. The van der Waals surface area contributed by atoms with E-state index in [4.69, 9.17) is 0 Å². The predicted octanol–water partition coefficient (Wildman–Crippen LogP) is 0.0446. The molecule has 2 N–H and O–H groups in total. The Kier molecular flexibility index (Phi) is 2.98. The van der Waals surface area contributed by atoms with E-state index < -0.39 is 0 Å². The fourth-order valence-corrected chi connectivity index (χ4v) is 1.82. The molecule has 19 heavy (non-hydrogen) atoms. The fraction of sp³-hybridized carbons (Fsp3) is 0.545. The molecule has 0 aliphatic heterocycles. The third kappa shape index (κ3) is 2.78. The molecule has 1 fully saturated rings. The van der Waals surface area contributed by atoms with Crippen molar-refractivity contribution in [1.29, 1.82) is 0 Å². The molecule has 1 aliphatic rings. The molecule has 2 aromatic heterocycles. The molecule has 0 saturated heterocycles. The van der Waals surface area contributed by atoms with Crippen molar-refractivity contribution in [2.24, 2.45) is 5.92 Å². The van der Waals surface area contributed by atoms with Gasteiger partial charge in [-0.15, -0.1) is 5.10 Å². The first kappa shape index (κ1) is 11.8. The van der Waals surface area contributed by atoms with Gasteiger partial charge in [0.2, 0.25) is 0 Å². The number of aromatic amines is 1. The van der Waals surface area contributed by atoms with Crippen LogP contribution in [0, 0.1) is 12.8 Å². The first-order chi connectivity index (χ1) is 9.22. The van der Waals surface area contributed by atoms with Crippen molar-refractivity contribution in [3.05, 3.63) is 23.3 Å². The third-order valence-corrected chi connectivity index (χ3v) is 3.08. The topological polar surface area (TPSA) is 101 Å². The van der Waals surface area contributed by atoms with Gasteiger partial charge in [0, 0.05) is 12.2 Å². The molecule has 2 heterocycles. The van der Waals surface area contributed by atoms with Crippen molar-refractivity contribution in [2.45, 2.75) is 32.9 Å². The first-order valence-electron chi connectivity index (χ1n) is 6.27. The van der Waals surface area contributed by atoms with Crippen LogP contribution >= 0.6 is 0 Å². The van der Waals surface area contributed by atoms with Crippen LogP contribution in [0.4, 0.5) is 0 Å². The molecular weight excluding hydrogens is 246 g/mol. The van der Waals surface area contributed by atoms with Gasteiger partial charge in [0.1, 0.15) is 5.69 Å². The number of hydrogen-bond acceptors (Lipinski definition) is 5. The summed E-state index contributed by atoms with van der Waals surface area (Å²) in [6.07, 6.45) is 2.47. The summed E-state index contributed by atoms with van der Waals surface area (Å²) in [5, 5.41) is 20.9. The maximum atomic E-state index is 11.8. The van der Waals surface area contributed by atoms with Gasteiger partial charge in [-0.1, -0.05) is 0 Å². The monoisotopic (exact) mass is 261 g/mol. The van der Waals surface area contributed by atoms with Crippen molar-refractivity contribution < 1.29 is 4.79 Å². The van der Waals surface area contributed by atoms with Gasteiger partial charge in [-0.3, -0.25) is 9.89 Å². The second-order valence-electron chi connectivity index (χ2n) is 4.84. The van der Waals surface area contributed by atoms with E-state index in [2.05, 4.69) is 31.0 Å². The normalized spacial score (nSPS) is 14.6. The second kappa shape index (κ2) is 4.79. The molecule has 0 radical (unpaired) electrons. The van der Waals surface area contributed by atoms with Crippen LogP contribution in [0.1, 0.15) is 34.8 Å². The van der Waals surface area contributed by atoms with Crippen LogP contribution in [0.15, 0.2) is 6.07 Å². The zero-order valence-electron chi connectivity index (χ0n) is 10.6. The molecule has 0 aromatic carbocycles. The van der Waals surface area contributed by atoms with Gasteiger partial charge >= 0.3 is 0 Å². The molecule has 100 valence electrons. The summed E-state index contributed by atoms with van der Waals surface area (Å²) >= 11 is 0. The van der Waals surface area contributed by atoms with E-state index in [9.17, 15) is 4.79 Å². The average Bonchev–Trinajstić information content (AvgIpc) is 2.92. The number of carbonyl (C=O) groups is 1. The van der Waals surface area contributed by atoms with Gasteiger partial charge in [-0.05, 0) is 42.2 Å². The SMILES string of the molecule is Cc1cc(C(=O)NCc2nnnn2CC2CC2)n[nH]1. The molecule has 1 saturated carbocycles. The van der Waals surface area contributed by atoms with Gasteiger partial charge in [0.25, 0.3) is 5.91 Å². The summed E-state index contributed by atoms with van der Waals surface area (Å²) in [6.45, 7) is 2.99. The van der Waals surface area contributed by atoms with Crippen molar-refractivity contribution in [1.82, 2.24) is 35.7 Å². The Morgan fingerprint density at radius 1 is 1.58 bits per heavy atom. The summed E-state index contributed by atoms with van der Waals surface area (Å²) in [5.74, 6) is 1.13. The highest BCUT2D eigenvalue weighted by molar-refractivity contribution is 5.92. The van der Waals surface area contributed by atoms with E-state index >= 15 is 0 Å². The molecule has 1 aliphatic carbocycles. The van der Waals surface area contributed by atoms with Gasteiger partial charge in [0.15, 0.2) is 5.82 Å². The van der Waals surface area contributed by atoms with E-state index in [1.165, 1.54) is 12.8 Å². The molecule has 0 atom stereocenters. The number of H-pyrrole nitrogens is 1. The number of aryl methyl sites for hydroxylation is 1. The highest BCUT2D eigenvalue weighted by Crippen LogP contribution is 2.30. The van der Waals surface area contributed by atoms with E-state index in [0.29, 0.717) is 24.0 Å². The fourth-order valence-electron chi connectivity index (χ4n) is 1.82. The first-order valence-corrected chi connectivity index (χ1v) is 6.27. The van der Waals surface area contributed by atoms with Crippen LogP contribution in [0.3, 0.4) is 0 Å². The number of hydrogen-bond donors (Lipinski definition) is 2. The summed E-state index contributed by atoms with van der Waals surface area (Å²) in [7, 11) is 0. The lowest BCUT2D eigenvalue weighted by molar-refractivity contribution is 0.0944. The number of rotatable bonds is 5. The average molecular weight is 261 g/mol. The van der Waals surface area contributed by atoms with Crippen molar-refractivity contribution in [2.75, 3.05) is 0 Å². The Balaban J connectivity index is 1.59. The predicted molar refractivity (Wildman–Crippen MR) is 65.0 cm³/mol. The molecule has 2 aromatic rings. The lowest BCUT2D eigenvalue weighted by atomic mass is 10.3. The standard InChI is InChI=1S/C11H15N7O/c1-7-4-9(14-13-7)11(19)12-5-10-15-16-17-18(10)6-8-2-3-8/h4,8H,2-3,5-6H2,1H3,(H,12,19)(H,13,14). The van der Waals surface area contributed by atoms with Crippen molar-refractivity contribution in [3.8, 4) is 0 Å². The summed E-state index contributed by atoms with van der Waals surface area (Å²) < 4.78 is 1.76. The molecule has 8 nitrogen and oxygen atoms in total. The van der Waals surface area contributed by atoms with E-state index in [1.807, 2.05) is 6.92 Å². The highest BCUT2D eigenvalue weighted by atomic mass is 16.1. The van der Waals surface area contributed by atoms with E-state index in [0.717, 1.165) is 12.2 Å². The second-order valence-corrected chi connectivity index (χ2v) is 4.84. The molecule has 0 bridgehead atoms. The van der Waals surface area contributed by atoms with Gasteiger partial charge in [0.05, 0.1) is 6.54 Å². The van der Waals surface area contributed by atoms with Crippen molar-refractivity contribution >= 4 is 5.91 Å². The molecular formula is C11H15N7O. The Bertz CT molecular complexity index is 583. The number of nitrogens with zero attached hydrogens (tertiary/aromatic N) is 5. The quantitative estimate of drug-likeness (QED) is 0.791. The molecule has 0 unspecified atom stereocenters. The van der Waals surface area contributed by atoms with Gasteiger partial charge in [-0.2, -0.15) is 5.10 Å². The maximum Gasteiger partial charge on any atom is 0.272 e. The van der Waals surface area contributed by atoms with Crippen LogP contribution in [-0.2, 0) is 13.1 Å². The highest BCUT2D eigenvalue weighted by Gasteiger charge is 2.23. The smallest absolute Gasteiger partial charge is 0.272 e. The minimum Gasteiger partial charge on any atom is -0.343 e. The van der Waals surface area contributed by atoms with E-state index in [-0.39, 0.29) is 5.91 Å². The Hall–Kier alpha value is -2.25. The molecule has 3 rings (SSSR count). The molecule has 0 spiro atoms. The van der Waals surface area contributed by atoms with E-state index in [1.54, 1.807) is 10.7 Å². The summed E-state index contributed by atoms with van der Waals surface area (Å²) in [4.78, 5) is 11.8. The Morgan fingerprint density at radius 2 is 2.42 bits per heavy atom. The van der Waals surface area contributed by atoms with Crippen LogP contribution in [-0.4, -0.2) is 36.3 Å². The van der Waals surface area contributed by atoms with Crippen LogP contribution in [0.5, 0.6) is 0 Å². The third-order valence-electron chi connectivity index (χ3n) is 3.08. The number of aromatic nitrogens is 6. The van der Waals surface area contributed by atoms with Gasteiger partial charge < -0.3 is 5.32 Å². The van der Waals surface area contributed by atoms with Gasteiger partial charge in [-0.25, -0.2) is 4.68 Å². The minimum atomic E-state index is -0.231. The zero-order chi connectivity index (χ0) is 13.2. The number of nitrogens with one attached hydrogen (secondary N) is 2. The Labute approximate surface area is 109 Å². The van der Waals surface area contributed by atoms with Crippen LogP contribution in [0.25, 0.3) is 0 Å². The van der Waals surface area contributed by atoms with Crippen LogP contribution in [0.2, 0.25) is 0 Å². The lowest BCUT2D eigenvalue weighted by Gasteiger charge is -2.04. The minimum absolute atomic E-state index is 0.231. The zero-order valence-corrected chi connectivity index (χ0v) is 10.6. The maximum absolute atomic E-state index is 11.8. The Morgan fingerprint density at radius 3 is 3.11 bits per heavy atom. The largest absolute Gasteiger partial charge is 0.343 e. The number of carbonyl (C=O) groups excluding carboxylic acids is 1. The summed E-state index contributed by atoms with van der Waals surface area (Å²) in [6, 6.07) is 1.70. The number of amides is 1. The van der Waals surface area contributed by atoms with Crippen LogP contribution < -0.4 is 5.32 Å². The summed E-state index contributed by atoms with van der Waals surface area (Å²) in [5.41, 5.74) is 1.22. The molecule has 8 heteroatoms. The molecule has 1 amide bonds. The van der Waals surface area contributed by atoms with Crippen molar-refractivity contribution in [3.63, 3.8) is 0 Å².